The fourth-order valence-electron chi connectivity index (χ4n) is 1.14. The van der Waals surface area contributed by atoms with E-state index in [-0.39, 0.29) is 18.7 Å². The summed E-state index contributed by atoms with van der Waals surface area (Å²) in [5, 5.41) is 25.5. The molecule has 0 amide bonds. The van der Waals surface area contributed by atoms with Crippen molar-refractivity contribution >= 4 is 13.1 Å². The molecule has 0 rings (SSSR count). The zero-order valence-electron chi connectivity index (χ0n) is 7.52. The summed E-state index contributed by atoms with van der Waals surface area (Å²) >= 11 is 0. The largest absolute Gasteiger partial charge is 0.481 e. The maximum Gasteiger partial charge on any atom is 0.451 e. The van der Waals surface area contributed by atoms with E-state index in [1.165, 1.54) is 0 Å². The van der Waals surface area contributed by atoms with Gasteiger partial charge in [0.1, 0.15) is 0 Å². The smallest absolute Gasteiger partial charge is 0.451 e. The Morgan fingerprint density at radius 2 is 2.08 bits per heavy atom. The Morgan fingerprint density at radius 3 is 2.46 bits per heavy atom. The molecule has 76 valence electrons. The molecule has 5 N–H and O–H groups in total. The lowest BCUT2D eigenvalue weighted by Gasteiger charge is -2.11. The second kappa shape index (κ2) is 6.88. The number of aliphatic carboxylic acids is 1. The van der Waals surface area contributed by atoms with E-state index in [0.717, 1.165) is 0 Å². The van der Waals surface area contributed by atoms with Crippen LogP contribution in [0.5, 0.6) is 0 Å². The molecule has 13 heavy (non-hydrogen) atoms. The molecule has 0 bridgehead atoms. The third kappa shape index (κ3) is 7.77. The average molecular weight is 189 g/mol. The lowest BCUT2D eigenvalue weighted by Crippen LogP contribution is -2.19. The summed E-state index contributed by atoms with van der Waals surface area (Å²) in [6.45, 7) is 0.327. The first-order chi connectivity index (χ1) is 6.06. The summed E-state index contributed by atoms with van der Waals surface area (Å²) in [4.78, 5) is 10.3. The Labute approximate surface area is 77.7 Å². The van der Waals surface area contributed by atoms with Crippen molar-refractivity contribution in [3.63, 3.8) is 0 Å². The van der Waals surface area contributed by atoms with Gasteiger partial charge in [-0.05, 0) is 25.2 Å². The number of rotatable bonds is 7. The number of carbonyl (C=O) groups is 1. The molecule has 0 fully saturated rings. The number of carboxylic acid groups (broad SMARTS) is 1. The first-order valence-electron chi connectivity index (χ1n) is 4.34. The Bertz CT molecular complexity index is 153. The van der Waals surface area contributed by atoms with Crippen LogP contribution in [0.25, 0.3) is 0 Å². The maximum absolute atomic E-state index is 10.3. The Hall–Kier alpha value is -0.585. The van der Waals surface area contributed by atoms with Crippen molar-refractivity contribution in [2.45, 2.75) is 25.6 Å². The Morgan fingerprint density at radius 1 is 1.46 bits per heavy atom. The fourth-order valence-corrected chi connectivity index (χ4v) is 1.14. The summed E-state index contributed by atoms with van der Waals surface area (Å²) < 4.78 is 0. The highest BCUT2D eigenvalue weighted by molar-refractivity contribution is 6.40. The van der Waals surface area contributed by atoms with Crippen LogP contribution >= 0.6 is 0 Å². The van der Waals surface area contributed by atoms with Gasteiger partial charge in [-0.3, -0.25) is 4.79 Å². The van der Waals surface area contributed by atoms with Crippen LogP contribution in [0.3, 0.4) is 0 Å². The van der Waals surface area contributed by atoms with Gasteiger partial charge >= 0.3 is 13.1 Å². The molecule has 0 aromatic carbocycles. The zero-order chi connectivity index (χ0) is 10.3. The number of carboxylic acids is 1. The van der Waals surface area contributed by atoms with Crippen LogP contribution in [0.4, 0.5) is 0 Å². The van der Waals surface area contributed by atoms with Gasteiger partial charge in [0.2, 0.25) is 0 Å². The van der Waals surface area contributed by atoms with E-state index >= 15 is 0 Å². The SMILES string of the molecule is NC[C@H](CCCB(O)O)CC(=O)O. The molecule has 6 heteroatoms. The van der Waals surface area contributed by atoms with Crippen molar-refractivity contribution in [1.82, 2.24) is 0 Å². The minimum absolute atomic E-state index is 0.0536. The zero-order valence-corrected chi connectivity index (χ0v) is 7.52. The van der Waals surface area contributed by atoms with E-state index in [2.05, 4.69) is 0 Å². The standard InChI is InChI=1S/C7H16BNO4/c9-5-6(4-7(10)11)2-1-3-8(12)13/h6,12-13H,1-5,9H2,(H,10,11)/t6-/m1/s1. The van der Waals surface area contributed by atoms with Gasteiger partial charge in [-0.25, -0.2) is 0 Å². The molecule has 0 radical (unpaired) electrons. The van der Waals surface area contributed by atoms with E-state index in [0.29, 0.717) is 19.4 Å². The van der Waals surface area contributed by atoms with Gasteiger partial charge in [0.25, 0.3) is 0 Å². The molecule has 0 spiro atoms. The summed E-state index contributed by atoms with van der Waals surface area (Å²) in [5.41, 5.74) is 5.35. The van der Waals surface area contributed by atoms with Crippen molar-refractivity contribution < 1.29 is 19.9 Å². The molecule has 0 aliphatic carbocycles. The summed E-state index contributed by atoms with van der Waals surface area (Å²) in [7, 11) is -1.30. The van der Waals surface area contributed by atoms with E-state index in [1.54, 1.807) is 0 Å². The molecular formula is C7H16BNO4. The van der Waals surface area contributed by atoms with Crippen LogP contribution < -0.4 is 5.73 Å². The minimum atomic E-state index is -1.30. The topological polar surface area (TPSA) is 104 Å². The van der Waals surface area contributed by atoms with Crippen LogP contribution in [0, 0.1) is 5.92 Å². The Kier molecular flexibility index (Phi) is 6.57. The van der Waals surface area contributed by atoms with Crippen molar-refractivity contribution in [3.05, 3.63) is 0 Å². The first kappa shape index (κ1) is 12.4. The van der Waals surface area contributed by atoms with Gasteiger partial charge in [-0.15, -0.1) is 0 Å². The van der Waals surface area contributed by atoms with E-state index < -0.39 is 13.1 Å². The highest BCUT2D eigenvalue weighted by Crippen LogP contribution is 2.12. The molecule has 0 unspecified atom stereocenters. The van der Waals surface area contributed by atoms with E-state index in [1.807, 2.05) is 0 Å². The second-order valence-electron chi connectivity index (χ2n) is 3.11. The van der Waals surface area contributed by atoms with Crippen molar-refractivity contribution in [2.24, 2.45) is 11.7 Å². The molecule has 0 saturated carbocycles. The second-order valence-corrected chi connectivity index (χ2v) is 3.11. The molecule has 0 aliphatic heterocycles. The molecule has 0 aromatic rings. The van der Waals surface area contributed by atoms with Gasteiger partial charge in [0.05, 0.1) is 0 Å². The van der Waals surface area contributed by atoms with E-state index in [4.69, 9.17) is 20.9 Å². The quantitative estimate of drug-likeness (QED) is 0.396. The maximum atomic E-state index is 10.3. The molecule has 5 nitrogen and oxygen atoms in total. The Balaban J connectivity index is 3.53. The van der Waals surface area contributed by atoms with Gasteiger partial charge in [-0.2, -0.15) is 0 Å². The minimum Gasteiger partial charge on any atom is -0.481 e. The molecule has 0 aromatic heterocycles. The average Bonchev–Trinajstić information content (AvgIpc) is 2.01. The molecular weight excluding hydrogens is 173 g/mol. The number of hydrogen-bond acceptors (Lipinski definition) is 4. The lowest BCUT2D eigenvalue weighted by molar-refractivity contribution is -0.138. The third-order valence-corrected chi connectivity index (χ3v) is 1.87. The predicted octanol–water partition coefficient (Wildman–Crippen LogP) is -0.711. The van der Waals surface area contributed by atoms with Gasteiger partial charge in [-0.1, -0.05) is 6.42 Å². The number of nitrogens with two attached hydrogens (primary N) is 1. The summed E-state index contributed by atoms with van der Waals surface area (Å²) in [6.07, 6.45) is 1.54. The highest BCUT2D eigenvalue weighted by Gasteiger charge is 2.13. The summed E-state index contributed by atoms with van der Waals surface area (Å²) in [5.74, 6) is -0.920. The first-order valence-corrected chi connectivity index (χ1v) is 4.34. The normalized spacial score (nSPS) is 12.5. The van der Waals surface area contributed by atoms with Crippen LogP contribution in [-0.4, -0.2) is 34.8 Å². The van der Waals surface area contributed by atoms with Crippen LogP contribution in [-0.2, 0) is 4.79 Å². The highest BCUT2D eigenvalue weighted by atomic mass is 16.4. The van der Waals surface area contributed by atoms with Crippen molar-refractivity contribution in [2.75, 3.05) is 6.54 Å². The molecule has 0 saturated heterocycles. The lowest BCUT2D eigenvalue weighted by atomic mass is 9.82. The molecule has 0 heterocycles. The van der Waals surface area contributed by atoms with Crippen LogP contribution in [0.15, 0.2) is 0 Å². The van der Waals surface area contributed by atoms with Gasteiger partial charge in [0, 0.05) is 6.42 Å². The van der Waals surface area contributed by atoms with Gasteiger partial charge < -0.3 is 20.9 Å². The van der Waals surface area contributed by atoms with Crippen LogP contribution in [0.2, 0.25) is 6.32 Å². The summed E-state index contributed by atoms with van der Waals surface area (Å²) in [6, 6.07) is 0. The van der Waals surface area contributed by atoms with Gasteiger partial charge in [0.15, 0.2) is 0 Å². The molecule has 1 atom stereocenters. The van der Waals surface area contributed by atoms with Crippen molar-refractivity contribution in [3.8, 4) is 0 Å². The molecule has 0 aliphatic rings. The fraction of sp³-hybridized carbons (Fsp3) is 0.857. The van der Waals surface area contributed by atoms with Crippen molar-refractivity contribution in [1.29, 1.82) is 0 Å². The van der Waals surface area contributed by atoms with Crippen LogP contribution in [0.1, 0.15) is 19.3 Å². The monoisotopic (exact) mass is 189 g/mol. The predicted molar refractivity (Wildman–Crippen MR) is 49.0 cm³/mol. The van der Waals surface area contributed by atoms with E-state index in [9.17, 15) is 4.79 Å². The number of hydrogen-bond donors (Lipinski definition) is 4. The third-order valence-electron chi connectivity index (χ3n) is 1.87.